The molecule has 0 aromatic carbocycles. The van der Waals surface area contributed by atoms with E-state index >= 15 is 0 Å². The highest BCUT2D eigenvalue weighted by molar-refractivity contribution is 4.86. The van der Waals surface area contributed by atoms with Crippen molar-refractivity contribution in [2.24, 2.45) is 17.6 Å². The Morgan fingerprint density at radius 3 is 2.32 bits per heavy atom. The second kappa shape index (κ2) is 7.61. The average molecular weight is 267 g/mol. The molecule has 2 aliphatic rings. The van der Waals surface area contributed by atoms with Crippen molar-refractivity contribution in [1.29, 1.82) is 0 Å². The van der Waals surface area contributed by atoms with Gasteiger partial charge in [0.2, 0.25) is 0 Å². The van der Waals surface area contributed by atoms with Gasteiger partial charge < -0.3 is 15.5 Å². The summed E-state index contributed by atoms with van der Waals surface area (Å²) >= 11 is 0. The van der Waals surface area contributed by atoms with Crippen LogP contribution in [0.15, 0.2) is 0 Å². The van der Waals surface area contributed by atoms with Gasteiger partial charge in [-0.15, -0.1) is 0 Å². The number of nitrogens with zero attached hydrogens (tertiary/aromatic N) is 2. The predicted octanol–water partition coefficient (Wildman–Crippen LogP) is 2.17. The Morgan fingerprint density at radius 1 is 1.00 bits per heavy atom. The van der Waals surface area contributed by atoms with Crippen molar-refractivity contribution in [3.05, 3.63) is 0 Å². The van der Waals surface area contributed by atoms with E-state index in [1.807, 2.05) is 0 Å². The summed E-state index contributed by atoms with van der Waals surface area (Å²) in [4.78, 5) is 5.11. The Hall–Kier alpha value is -0.120. The summed E-state index contributed by atoms with van der Waals surface area (Å²) in [6.07, 6.45) is 9.75. The summed E-state index contributed by atoms with van der Waals surface area (Å²) in [6.45, 7) is 4.76. The molecule has 2 fully saturated rings. The summed E-state index contributed by atoms with van der Waals surface area (Å²) < 4.78 is 0. The van der Waals surface area contributed by atoms with E-state index in [0.29, 0.717) is 0 Å². The molecule has 1 heterocycles. The van der Waals surface area contributed by atoms with E-state index in [-0.39, 0.29) is 0 Å². The van der Waals surface area contributed by atoms with Crippen molar-refractivity contribution in [1.82, 2.24) is 9.80 Å². The molecule has 2 rings (SSSR count). The zero-order chi connectivity index (χ0) is 13.7. The molecule has 0 amide bonds. The molecule has 1 aliphatic carbocycles. The molecule has 2 atom stereocenters. The van der Waals surface area contributed by atoms with Crippen LogP contribution in [0.5, 0.6) is 0 Å². The smallest absolute Gasteiger partial charge is 0.0136 e. The van der Waals surface area contributed by atoms with Crippen molar-refractivity contribution < 1.29 is 0 Å². The predicted molar refractivity (Wildman–Crippen MR) is 82.3 cm³/mol. The summed E-state index contributed by atoms with van der Waals surface area (Å²) in [7, 11) is 4.39. The standard InChI is InChI=1S/C16H33N3/c1-18(2)13-14-8-10-19(11-9-14)16-7-5-3-4-6-15(16)12-17/h14-16H,3-13,17H2,1-2H3. The maximum Gasteiger partial charge on any atom is 0.0136 e. The molecule has 0 aromatic rings. The van der Waals surface area contributed by atoms with Gasteiger partial charge in [-0.3, -0.25) is 0 Å². The van der Waals surface area contributed by atoms with Gasteiger partial charge in [-0.1, -0.05) is 19.3 Å². The van der Waals surface area contributed by atoms with Crippen molar-refractivity contribution in [2.45, 2.75) is 51.0 Å². The van der Waals surface area contributed by atoms with Crippen LogP contribution >= 0.6 is 0 Å². The van der Waals surface area contributed by atoms with Crippen LogP contribution in [0, 0.1) is 11.8 Å². The molecule has 0 bridgehead atoms. The average Bonchev–Trinajstić information content (AvgIpc) is 2.64. The van der Waals surface area contributed by atoms with Gasteiger partial charge in [-0.05, 0) is 71.2 Å². The number of hydrogen-bond acceptors (Lipinski definition) is 3. The molecular formula is C16H33N3. The summed E-state index contributed by atoms with van der Waals surface area (Å²) in [5, 5.41) is 0. The van der Waals surface area contributed by atoms with E-state index in [0.717, 1.165) is 24.4 Å². The van der Waals surface area contributed by atoms with Gasteiger partial charge in [-0.25, -0.2) is 0 Å². The molecule has 1 saturated heterocycles. The van der Waals surface area contributed by atoms with Gasteiger partial charge in [0, 0.05) is 12.6 Å². The topological polar surface area (TPSA) is 32.5 Å². The summed E-state index contributed by atoms with van der Waals surface area (Å²) in [5.74, 6) is 1.67. The first kappa shape index (κ1) is 15.3. The molecule has 1 aliphatic heterocycles. The minimum atomic E-state index is 0.757. The third kappa shape index (κ3) is 4.44. The molecular weight excluding hydrogens is 234 g/mol. The number of piperidine rings is 1. The van der Waals surface area contributed by atoms with Crippen LogP contribution < -0.4 is 5.73 Å². The van der Waals surface area contributed by atoms with E-state index in [1.165, 1.54) is 64.6 Å². The highest BCUT2D eigenvalue weighted by Crippen LogP contribution is 2.30. The maximum absolute atomic E-state index is 6.03. The lowest BCUT2D eigenvalue weighted by Crippen LogP contribution is -2.47. The lowest BCUT2D eigenvalue weighted by atomic mass is 9.89. The van der Waals surface area contributed by atoms with Crippen LogP contribution in [0.25, 0.3) is 0 Å². The minimum absolute atomic E-state index is 0.757. The van der Waals surface area contributed by atoms with Crippen LogP contribution in [-0.2, 0) is 0 Å². The second-order valence-electron chi connectivity index (χ2n) is 6.94. The maximum atomic E-state index is 6.03. The van der Waals surface area contributed by atoms with Crippen LogP contribution in [0.3, 0.4) is 0 Å². The van der Waals surface area contributed by atoms with E-state index in [9.17, 15) is 0 Å². The second-order valence-corrected chi connectivity index (χ2v) is 6.94. The Labute approximate surface area is 119 Å². The lowest BCUT2D eigenvalue weighted by Gasteiger charge is -2.41. The largest absolute Gasteiger partial charge is 0.330 e. The first-order valence-corrected chi connectivity index (χ1v) is 8.29. The Kier molecular flexibility index (Phi) is 6.11. The fourth-order valence-electron chi connectivity index (χ4n) is 4.10. The molecule has 0 aromatic heterocycles. The molecule has 1 saturated carbocycles. The molecule has 2 N–H and O–H groups in total. The Bertz CT molecular complexity index is 246. The normalized spacial score (nSPS) is 31.6. The Balaban J connectivity index is 1.84. The number of hydrogen-bond donors (Lipinski definition) is 1. The van der Waals surface area contributed by atoms with Gasteiger partial charge in [0.15, 0.2) is 0 Å². The Morgan fingerprint density at radius 2 is 1.68 bits per heavy atom. The van der Waals surface area contributed by atoms with Crippen molar-refractivity contribution in [3.8, 4) is 0 Å². The number of rotatable bonds is 4. The van der Waals surface area contributed by atoms with Crippen molar-refractivity contribution >= 4 is 0 Å². The third-order valence-corrected chi connectivity index (χ3v) is 5.16. The lowest BCUT2D eigenvalue weighted by molar-refractivity contribution is 0.0840. The van der Waals surface area contributed by atoms with Gasteiger partial charge in [0.05, 0.1) is 0 Å². The molecule has 2 unspecified atom stereocenters. The van der Waals surface area contributed by atoms with Crippen LogP contribution in [-0.4, -0.2) is 56.1 Å². The van der Waals surface area contributed by atoms with E-state index < -0.39 is 0 Å². The fraction of sp³-hybridized carbons (Fsp3) is 1.00. The zero-order valence-corrected chi connectivity index (χ0v) is 13.0. The van der Waals surface area contributed by atoms with Gasteiger partial charge >= 0.3 is 0 Å². The third-order valence-electron chi connectivity index (χ3n) is 5.16. The highest BCUT2D eigenvalue weighted by Gasteiger charge is 2.30. The van der Waals surface area contributed by atoms with Crippen LogP contribution in [0.1, 0.15) is 44.9 Å². The van der Waals surface area contributed by atoms with Crippen molar-refractivity contribution in [3.63, 3.8) is 0 Å². The zero-order valence-electron chi connectivity index (χ0n) is 13.0. The molecule has 3 heteroatoms. The van der Waals surface area contributed by atoms with Crippen LogP contribution in [0.2, 0.25) is 0 Å². The van der Waals surface area contributed by atoms with E-state index in [1.54, 1.807) is 0 Å². The number of likely N-dealkylation sites (tertiary alicyclic amines) is 1. The summed E-state index contributed by atoms with van der Waals surface area (Å²) in [6, 6.07) is 0.785. The fourth-order valence-corrected chi connectivity index (χ4v) is 4.10. The molecule has 3 nitrogen and oxygen atoms in total. The summed E-state index contributed by atoms with van der Waals surface area (Å²) in [5.41, 5.74) is 6.03. The minimum Gasteiger partial charge on any atom is -0.330 e. The molecule has 0 spiro atoms. The SMILES string of the molecule is CN(C)CC1CCN(C2CCCCCC2CN)CC1. The van der Waals surface area contributed by atoms with Crippen LogP contribution in [0.4, 0.5) is 0 Å². The van der Waals surface area contributed by atoms with Gasteiger partial charge in [0.1, 0.15) is 0 Å². The molecule has 112 valence electrons. The van der Waals surface area contributed by atoms with Gasteiger partial charge in [0.25, 0.3) is 0 Å². The highest BCUT2D eigenvalue weighted by atomic mass is 15.2. The van der Waals surface area contributed by atoms with Crippen molar-refractivity contribution in [2.75, 3.05) is 40.3 Å². The number of nitrogens with two attached hydrogens (primary N) is 1. The monoisotopic (exact) mass is 267 g/mol. The quantitative estimate of drug-likeness (QED) is 0.792. The molecule has 0 radical (unpaired) electrons. The van der Waals surface area contributed by atoms with E-state index in [4.69, 9.17) is 5.73 Å². The first-order chi connectivity index (χ1) is 9.20. The first-order valence-electron chi connectivity index (χ1n) is 8.29. The van der Waals surface area contributed by atoms with E-state index in [2.05, 4.69) is 23.9 Å². The van der Waals surface area contributed by atoms with Gasteiger partial charge in [-0.2, -0.15) is 0 Å². The molecule has 19 heavy (non-hydrogen) atoms.